The molecule has 0 aliphatic heterocycles. The van der Waals surface area contributed by atoms with Gasteiger partial charge in [0.1, 0.15) is 0 Å². The summed E-state index contributed by atoms with van der Waals surface area (Å²) in [6.07, 6.45) is 0. The Bertz CT molecular complexity index is 691. The maximum atomic E-state index is 5.70. The van der Waals surface area contributed by atoms with Crippen LogP contribution in [0.5, 0.6) is 0 Å². The molecule has 0 spiro atoms. The van der Waals surface area contributed by atoms with Gasteiger partial charge < -0.3 is 5.73 Å². The molecule has 0 bridgehead atoms. The number of benzene rings is 2. The lowest BCUT2D eigenvalue weighted by Crippen LogP contribution is -1.86. The Hall–Kier alpha value is -1.14. The number of aromatic nitrogens is 1. The first-order valence-electron chi connectivity index (χ1n) is 5.14. The summed E-state index contributed by atoms with van der Waals surface area (Å²) < 4.78 is 1.25. The molecule has 0 radical (unpaired) electrons. The Morgan fingerprint density at radius 3 is 2.53 bits per heavy atom. The molecule has 17 heavy (non-hydrogen) atoms. The molecule has 0 atom stereocenters. The zero-order chi connectivity index (χ0) is 11.8. The Balaban J connectivity index is 2.34. The molecule has 0 unspecified atom stereocenters. The molecule has 3 aromatic rings. The van der Waals surface area contributed by atoms with Gasteiger partial charge >= 0.3 is 0 Å². The monoisotopic (exact) mass is 352 g/mol. The molecule has 3 rings (SSSR count). The Kier molecular flexibility index (Phi) is 2.76. The van der Waals surface area contributed by atoms with Gasteiger partial charge in [-0.1, -0.05) is 30.3 Å². The van der Waals surface area contributed by atoms with Gasteiger partial charge in [-0.25, -0.2) is 4.98 Å². The van der Waals surface area contributed by atoms with Crippen molar-refractivity contribution in [2.75, 3.05) is 5.73 Å². The highest BCUT2D eigenvalue weighted by Gasteiger charge is 2.08. The van der Waals surface area contributed by atoms with Crippen molar-refractivity contribution in [3.8, 4) is 11.3 Å². The van der Waals surface area contributed by atoms with E-state index in [-0.39, 0.29) is 0 Å². The number of halogens is 1. The van der Waals surface area contributed by atoms with Gasteiger partial charge in [-0.3, -0.25) is 0 Å². The highest BCUT2D eigenvalue weighted by molar-refractivity contribution is 14.1. The van der Waals surface area contributed by atoms with Gasteiger partial charge in [0.2, 0.25) is 0 Å². The number of thiazole rings is 1. The van der Waals surface area contributed by atoms with Crippen LogP contribution in [0, 0.1) is 3.57 Å². The first kappa shape index (κ1) is 11.0. The molecule has 0 amide bonds. The molecule has 0 aliphatic rings. The minimum Gasteiger partial charge on any atom is -0.375 e. The summed E-state index contributed by atoms with van der Waals surface area (Å²) in [5.41, 5.74) is 7.80. The quantitative estimate of drug-likeness (QED) is 0.669. The zero-order valence-corrected chi connectivity index (χ0v) is 11.8. The van der Waals surface area contributed by atoms with E-state index in [0.29, 0.717) is 5.13 Å². The molecule has 4 heteroatoms. The number of hydrogen-bond acceptors (Lipinski definition) is 3. The largest absolute Gasteiger partial charge is 0.375 e. The van der Waals surface area contributed by atoms with Crippen LogP contribution in [0.25, 0.3) is 22.0 Å². The fourth-order valence-corrected chi connectivity index (χ4v) is 3.11. The van der Waals surface area contributed by atoms with E-state index in [0.717, 1.165) is 11.3 Å². The summed E-state index contributed by atoms with van der Waals surface area (Å²) in [4.78, 5) is 4.35. The minimum atomic E-state index is 0.614. The number of anilines is 1. The van der Waals surface area contributed by atoms with Crippen LogP contribution in [0.3, 0.4) is 0 Å². The van der Waals surface area contributed by atoms with Crippen LogP contribution in [-0.2, 0) is 0 Å². The molecular weight excluding hydrogens is 343 g/mol. The summed E-state index contributed by atoms with van der Waals surface area (Å²) in [5, 5.41) is 5.11. The highest BCUT2D eigenvalue weighted by Crippen LogP contribution is 2.32. The summed E-state index contributed by atoms with van der Waals surface area (Å²) in [6, 6.07) is 12.6. The summed E-state index contributed by atoms with van der Waals surface area (Å²) >= 11 is 3.83. The average molecular weight is 352 g/mol. The summed E-state index contributed by atoms with van der Waals surface area (Å²) in [6.45, 7) is 0. The third-order valence-corrected chi connectivity index (χ3v) is 4.28. The minimum absolute atomic E-state index is 0.614. The molecule has 0 saturated carbocycles. The lowest BCUT2D eigenvalue weighted by Gasteiger charge is -2.05. The van der Waals surface area contributed by atoms with Gasteiger partial charge in [-0.15, -0.1) is 11.3 Å². The molecule has 0 aliphatic carbocycles. The number of fused-ring (bicyclic) bond motifs is 1. The second-order valence-corrected chi connectivity index (χ2v) is 5.76. The van der Waals surface area contributed by atoms with Crippen molar-refractivity contribution in [1.82, 2.24) is 4.98 Å². The van der Waals surface area contributed by atoms with Gasteiger partial charge in [-0.2, -0.15) is 0 Å². The van der Waals surface area contributed by atoms with Crippen molar-refractivity contribution in [3.63, 3.8) is 0 Å². The van der Waals surface area contributed by atoms with Gasteiger partial charge in [0, 0.05) is 14.5 Å². The van der Waals surface area contributed by atoms with Crippen molar-refractivity contribution >= 4 is 49.8 Å². The molecule has 2 aromatic carbocycles. The molecule has 0 saturated heterocycles. The predicted molar refractivity (Wildman–Crippen MR) is 82.2 cm³/mol. The first-order chi connectivity index (χ1) is 8.25. The lowest BCUT2D eigenvalue weighted by molar-refractivity contribution is 1.42. The zero-order valence-electron chi connectivity index (χ0n) is 8.85. The maximum absolute atomic E-state index is 5.70. The van der Waals surface area contributed by atoms with Crippen molar-refractivity contribution in [1.29, 1.82) is 0 Å². The fraction of sp³-hybridized carbons (Fsp3) is 0. The van der Waals surface area contributed by atoms with Gasteiger partial charge in [-0.05, 0) is 39.4 Å². The van der Waals surface area contributed by atoms with E-state index in [1.165, 1.54) is 25.7 Å². The second kappa shape index (κ2) is 4.27. The predicted octanol–water partition coefficient (Wildman–Crippen LogP) is 4.15. The van der Waals surface area contributed by atoms with Crippen molar-refractivity contribution in [3.05, 3.63) is 45.3 Å². The van der Waals surface area contributed by atoms with Crippen LogP contribution in [0.4, 0.5) is 5.13 Å². The summed E-state index contributed by atoms with van der Waals surface area (Å²) in [5.74, 6) is 0. The van der Waals surface area contributed by atoms with Gasteiger partial charge in [0.25, 0.3) is 0 Å². The second-order valence-electron chi connectivity index (χ2n) is 3.71. The van der Waals surface area contributed by atoms with Crippen molar-refractivity contribution in [2.45, 2.75) is 0 Å². The Labute approximate surface area is 117 Å². The first-order valence-corrected chi connectivity index (χ1v) is 7.10. The molecule has 1 aromatic heterocycles. The van der Waals surface area contributed by atoms with Crippen LogP contribution in [-0.4, -0.2) is 4.98 Å². The van der Waals surface area contributed by atoms with Crippen LogP contribution in [0.15, 0.2) is 41.8 Å². The third-order valence-electron chi connectivity index (χ3n) is 2.67. The molecule has 0 fully saturated rings. The normalized spacial score (nSPS) is 10.9. The van der Waals surface area contributed by atoms with E-state index < -0.39 is 0 Å². The molecular formula is C13H9IN2S. The average Bonchev–Trinajstić information content (AvgIpc) is 2.77. The Morgan fingerprint density at radius 1 is 1.06 bits per heavy atom. The van der Waals surface area contributed by atoms with Crippen LogP contribution < -0.4 is 5.73 Å². The molecule has 1 heterocycles. The van der Waals surface area contributed by atoms with Crippen molar-refractivity contribution in [2.24, 2.45) is 0 Å². The smallest absolute Gasteiger partial charge is 0.180 e. The maximum Gasteiger partial charge on any atom is 0.180 e. The van der Waals surface area contributed by atoms with E-state index >= 15 is 0 Å². The number of nitrogens with two attached hydrogens (primary N) is 1. The van der Waals surface area contributed by atoms with E-state index in [2.05, 4.69) is 64.0 Å². The van der Waals surface area contributed by atoms with Gasteiger partial charge in [0.05, 0.1) is 5.69 Å². The van der Waals surface area contributed by atoms with E-state index in [1.54, 1.807) is 0 Å². The molecule has 2 nitrogen and oxygen atoms in total. The number of nitrogens with zero attached hydrogens (tertiary/aromatic N) is 1. The van der Waals surface area contributed by atoms with Crippen LogP contribution in [0.1, 0.15) is 0 Å². The van der Waals surface area contributed by atoms with Crippen molar-refractivity contribution < 1.29 is 0 Å². The topological polar surface area (TPSA) is 38.9 Å². The highest BCUT2D eigenvalue weighted by atomic mass is 127. The van der Waals surface area contributed by atoms with Crippen LogP contribution in [0.2, 0.25) is 0 Å². The SMILES string of the molecule is Nc1nc(-c2ccc(I)c3ccccc23)cs1. The molecule has 84 valence electrons. The van der Waals surface area contributed by atoms with Gasteiger partial charge in [0.15, 0.2) is 5.13 Å². The van der Waals surface area contributed by atoms with E-state index in [1.807, 2.05) is 5.38 Å². The number of rotatable bonds is 1. The lowest BCUT2D eigenvalue weighted by atomic mass is 10.0. The molecule has 2 N–H and O–H groups in total. The van der Waals surface area contributed by atoms with E-state index in [4.69, 9.17) is 5.73 Å². The number of hydrogen-bond donors (Lipinski definition) is 1. The number of nitrogen functional groups attached to an aromatic ring is 1. The Morgan fingerprint density at radius 2 is 1.82 bits per heavy atom. The fourth-order valence-electron chi connectivity index (χ4n) is 1.90. The standard InChI is InChI=1S/C13H9IN2S/c14-11-6-5-10(12-7-17-13(15)16-12)8-3-1-2-4-9(8)11/h1-7H,(H2,15,16). The third kappa shape index (κ3) is 1.91. The van der Waals surface area contributed by atoms with E-state index in [9.17, 15) is 0 Å². The summed E-state index contributed by atoms with van der Waals surface area (Å²) in [7, 11) is 0. The van der Waals surface area contributed by atoms with Crippen LogP contribution >= 0.6 is 33.9 Å².